The molecule has 0 radical (unpaired) electrons. The Morgan fingerprint density at radius 3 is 2.12 bits per heavy atom. The predicted molar refractivity (Wildman–Crippen MR) is 121 cm³/mol. The highest BCUT2D eigenvalue weighted by atomic mass is 16.5. The van der Waals surface area contributed by atoms with E-state index in [1.165, 1.54) is 6.33 Å². The molecule has 4 rings (SSSR count). The molecule has 0 saturated carbocycles. The van der Waals surface area contributed by atoms with E-state index in [2.05, 4.69) is 9.97 Å². The average molecular weight is 423 g/mol. The summed E-state index contributed by atoms with van der Waals surface area (Å²) in [7, 11) is 0. The number of aromatic nitrogens is 2. The van der Waals surface area contributed by atoms with Crippen LogP contribution in [0.3, 0.4) is 0 Å². The van der Waals surface area contributed by atoms with Crippen molar-refractivity contribution in [3.05, 3.63) is 114 Å². The van der Waals surface area contributed by atoms with Crippen molar-refractivity contribution in [1.82, 2.24) is 9.97 Å². The standard InChI is InChI=1S/C26H21N3O3/c27-22(15-18-7-3-1-4-8-18)26(31)32-24-16-23(28-17-29-24)19-11-13-21(14-12-19)25(30)20-9-5-2-6-10-20/h1-14,16-17,22H,15,27H2/t22-/m0/s1. The molecule has 4 aromatic rings. The Labute approximate surface area is 185 Å². The first kappa shape index (κ1) is 21.1. The number of carbonyl (C=O) groups is 2. The molecule has 3 aromatic carbocycles. The van der Waals surface area contributed by atoms with Gasteiger partial charge in [-0.3, -0.25) is 4.79 Å². The molecule has 1 heterocycles. The number of rotatable bonds is 7. The zero-order valence-corrected chi connectivity index (χ0v) is 17.2. The van der Waals surface area contributed by atoms with Crippen LogP contribution in [0.2, 0.25) is 0 Å². The lowest BCUT2D eigenvalue weighted by atomic mass is 10.0. The molecule has 1 atom stereocenters. The largest absolute Gasteiger partial charge is 0.406 e. The molecular formula is C26H21N3O3. The summed E-state index contributed by atoms with van der Waals surface area (Å²) in [4.78, 5) is 33.2. The summed E-state index contributed by atoms with van der Waals surface area (Å²) < 4.78 is 5.36. The molecule has 32 heavy (non-hydrogen) atoms. The number of esters is 1. The van der Waals surface area contributed by atoms with Crippen molar-refractivity contribution in [2.24, 2.45) is 5.73 Å². The fourth-order valence-corrected chi connectivity index (χ4v) is 3.23. The molecule has 0 aliphatic carbocycles. The average Bonchev–Trinajstić information content (AvgIpc) is 2.85. The van der Waals surface area contributed by atoms with Gasteiger partial charge in [0.05, 0.1) is 5.69 Å². The first-order chi connectivity index (χ1) is 15.6. The minimum atomic E-state index is -0.806. The number of carbonyl (C=O) groups excluding carboxylic acids is 2. The van der Waals surface area contributed by atoms with E-state index in [1.54, 1.807) is 42.5 Å². The van der Waals surface area contributed by atoms with Crippen LogP contribution in [-0.2, 0) is 11.2 Å². The molecule has 0 aliphatic heterocycles. The van der Waals surface area contributed by atoms with Gasteiger partial charge in [-0.05, 0) is 12.0 Å². The van der Waals surface area contributed by atoms with E-state index in [0.717, 1.165) is 11.1 Å². The Balaban J connectivity index is 1.44. The molecule has 6 heteroatoms. The zero-order valence-electron chi connectivity index (χ0n) is 17.2. The van der Waals surface area contributed by atoms with Crippen molar-refractivity contribution in [3.63, 3.8) is 0 Å². The third kappa shape index (κ3) is 5.11. The normalized spacial score (nSPS) is 11.5. The fraction of sp³-hybridized carbons (Fsp3) is 0.0769. The second-order valence-electron chi connectivity index (χ2n) is 7.23. The lowest BCUT2D eigenvalue weighted by molar-refractivity contribution is -0.136. The molecule has 0 amide bonds. The van der Waals surface area contributed by atoms with Crippen LogP contribution in [0.5, 0.6) is 5.88 Å². The van der Waals surface area contributed by atoms with Gasteiger partial charge in [0.2, 0.25) is 5.88 Å². The number of hydrogen-bond acceptors (Lipinski definition) is 6. The maximum atomic E-state index is 12.6. The fourth-order valence-electron chi connectivity index (χ4n) is 3.23. The van der Waals surface area contributed by atoms with E-state index in [-0.39, 0.29) is 11.7 Å². The summed E-state index contributed by atoms with van der Waals surface area (Å²) in [5.74, 6) is -0.503. The van der Waals surface area contributed by atoms with Gasteiger partial charge in [-0.15, -0.1) is 0 Å². The molecular weight excluding hydrogens is 402 g/mol. The van der Waals surface area contributed by atoms with Gasteiger partial charge in [-0.1, -0.05) is 84.9 Å². The van der Waals surface area contributed by atoms with Gasteiger partial charge in [-0.25, -0.2) is 14.8 Å². The van der Waals surface area contributed by atoms with Crippen LogP contribution in [0.15, 0.2) is 97.3 Å². The van der Waals surface area contributed by atoms with Gasteiger partial charge in [0.1, 0.15) is 12.4 Å². The summed E-state index contributed by atoms with van der Waals surface area (Å²) in [6.07, 6.45) is 1.69. The maximum Gasteiger partial charge on any atom is 0.329 e. The minimum Gasteiger partial charge on any atom is -0.406 e. The van der Waals surface area contributed by atoms with Gasteiger partial charge in [0, 0.05) is 22.8 Å². The highest BCUT2D eigenvalue weighted by molar-refractivity contribution is 6.09. The zero-order chi connectivity index (χ0) is 22.3. The van der Waals surface area contributed by atoms with E-state index in [0.29, 0.717) is 23.2 Å². The van der Waals surface area contributed by atoms with Crippen LogP contribution >= 0.6 is 0 Å². The minimum absolute atomic E-state index is 0.0538. The Morgan fingerprint density at radius 2 is 1.44 bits per heavy atom. The molecule has 0 fully saturated rings. The summed E-state index contributed by atoms with van der Waals surface area (Å²) in [5.41, 5.74) is 9.48. The number of ketones is 1. The van der Waals surface area contributed by atoms with Crippen LogP contribution in [-0.4, -0.2) is 27.8 Å². The van der Waals surface area contributed by atoms with Crippen molar-refractivity contribution in [3.8, 4) is 17.1 Å². The molecule has 0 aliphatic rings. The SMILES string of the molecule is N[C@@H](Cc1ccccc1)C(=O)Oc1cc(-c2ccc(C(=O)c3ccccc3)cc2)ncn1. The number of hydrogen-bond donors (Lipinski definition) is 1. The van der Waals surface area contributed by atoms with Gasteiger partial charge < -0.3 is 10.5 Å². The number of nitrogens with two attached hydrogens (primary N) is 1. The van der Waals surface area contributed by atoms with E-state index in [4.69, 9.17) is 10.5 Å². The quantitative estimate of drug-likeness (QED) is 0.358. The first-order valence-electron chi connectivity index (χ1n) is 10.1. The monoisotopic (exact) mass is 423 g/mol. The van der Waals surface area contributed by atoms with Crippen LogP contribution in [0.25, 0.3) is 11.3 Å². The van der Waals surface area contributed by atoms with Gasteiger partial charge in [0.15, 0.2) is 5.78 Å². The third-order valence-electron chi connectivity index (χ3n) is 4.93. The van der Waals surface area contributed by atoms with Crippen molar-refractivity contribution in [2.45, 2.75) is 12.5 Å². The highest BCUT2D eigenvalue weighted by Crippen LogP contribution is 2.21. The molecule has 6 nitrogen and oxygen atoms in total. The smallest absolute Gasteiger partial charge is 0.329 e. The summed E-state index contributed by atoms with van der Waals surface area (Å²) >= 11 is 0. The van der Waals surface area contributed by atoms with Crippen molar-refractivity contribution in [1.29, 1.82) is 0 Å². The second-order valence-corrected chi connectivity index (χ2v) is 7.23. The van der Waals surface area contributed by atoms with Crippen molar-refractivity contribution >= 4 is 11.8 Å². The maximum absolute atomic E-state index is 12.6. The third-order valence-corrected chi connectivity index (χ3v) is 4.93. The molecule has 2 N–H and O–H groups in total. The summed E-state index contributed by atoms with van der Waals surface area (Å²) in [6, 6.07) is 26.4. The number of ether oxygens (including phenoxy) is 1. The van der Waals surface area contributed by atoms with Gasteiger partial charge in [0.25, 0.3) is 0 Å². The summed E-state index contributed by atoms with van der Waals surface area (Å²) in [5, 5.41) is 0. The van der Waals surface area contributed by atoms with Gasteiger partial charge in [-0.2, -0.15) is 0 Å². The van der Waals surface area contributed by atoms with E-state index < -0.39 is 12.0 Å². The molecule has 1 aromatic heterocycles. The van der Waals surface area contributed by atoms with E-state index in [9.17, 15) is 9.59 Å². The van der Waals surface area contributed by atoms with E-state index in [1.807, 2.05) is 48.5 Å². The number of benzene rings is 3. The predicted octanol–water partition coefficient (Wildman–Crippen LogP) is 3.85. The molecule has 0 unspecified atom stereocenters. The lowest BCUT2D eigenvalue weighted by Crippen LogP contribution is -2.36. The van der Waals surface area contributed by atoms with E-state index >= 15 is 0 Å². The van der Waals surface area contributed by atoms with Gasteiger partial charge >= 0.3 is 5.97 Å². The molecule has 0 bridgehead atoms. The van der Waals surface area contributed by atoms with Crippen LogP contribution in [0.4, 0.5) is 0 Å². The molecule has 158 valence electrons. The Kier molecular flexibility index (Phi) is 6.43. The Morgan fingerprint density at radius 1 is 0.812 bits per heavy atom. The van der Waals surface area contributed by atoms with Crippen LogP contribution in [0.1, 0.15) is 21.5 Å². The summed E-state index contributed by atoms with van der Waals surface area (Å²) in [6.45, 7) is 0. The first-order valence-corrected chi connectivity index (χ1v) is 10.1. The number of nitrogens with zero attached hydrogens (tertiary/aromatic N) is 2. The van der Waals surface area contributed by atoms with Crippen molar-refractivity contribution < 1.29 is 14.3 Å². The van der Waals surface area contributed by atoms with Crippen LogP contribution in [0, 0.1) is 0 Å². The molecule has 0 saturated heterocycles. The lowest BCUT2D eigenvalue weighted by Gasteiger charge is -2.11. The Bertz CT molecular complexity index is 1210. The highest BCUT2D eigenvalue weighted by Gasteiger charge is 2.18. The van der Waals surface area contributed by atoms with Crippen LogP contribution < -0.4 is 10.5 Å². The topological polar surface area (TPSA) is 95.2 Å². The van der Waals surface area contributed by atoms with Crippen molar-refractivity contribution in [2.75, 3.05) is 0 Å². The Hall–Kier alpha value is -4.16. The second kappa shape index (κ2) is 9.76. The molecule has 0 spiro atoms.